The molecule has 4 rings (SSSR count). The summed E-state index contributed by atoms with van der Waals surface area (Å²) in [6.45, 7) is 0.960. The van der Waals surface area contributed by atoms with Crippen LogP contribution in [0, 0.1) is 5.82 Å². The van der Waals surface area contributed by atoms with Gasteiger partial charge in [0, 0.05) is 25.5 Å². The quantitative estimate of drug-likeness (QED) is 0.578. The van der Waals surface area contributed by atoms with Crippen LogP contribution >= 0.6 is 0 Å². The van der Waals surface area contributed by atoms with Gasteiger partial charge in [-0.2, -0.15) is 0 Å². The average molecular weight is 443 g/mol. The molecule has 2 aromatic rings. The van der Waals surface area contributed by atoms with Crippen molar-refractivity contribution in [3.05, 3.63) is 71.2 Å². The molecule has 2 heterocycles. The Balaban J connectivity index is 1.47. The summed E-state index contributed by atoms with van der Waals surface area (Å²) in [5, 5.41) is 11.8. The summed E-state index contributed by atoms with van der Waals surface area (Å²) in [7, 11) is 0. The second-order valence-corrected chi connectivity index (χ2v) is 7.64. The lowest BCUT2D eigenvalue weighted by molar-refractivity contribution is -0.146. The normalized spacial score (nSPS) is 19.2. The predicted molar refractivity (Wildman–Crippen MR) is 113 cm³/mol. The van der Waals surface area contributed by atoms with Crippen LogP contribution in [-0.4, -0.2) is 37.3 Å². The molecule has 8 heteroatoms. The number of unbranched alkanes of at least 4 members (excludes halogenated alkanes) is 1. The van der Waals surface area contributed by atoms with Crippen LogP contribution in [0.1, 0.15) is 36.3 Å². The van der Waals surface area contributed by atoms with Crippen molar-refractivity contribution in [2.45, 2.75) is 38.0 Å². The van der Waals surface area contributed by atoms with Crippen LogP contribution < -0.4 is 14.8 Å². The van der Waals surface area contributed by atoms with E-state index in [4.69, 9.17) is 24.1 Å². The maximum absolute atomic E-state index is 13.1. The van der Waals surface area contributed by atoms with Crippen LogP contribution in [0.3, 0.4) is 0 Å². The van der Waals surface area contributed by atoms with Crippen molar-refractivity contribution in [1.29, 1.82) is 0 Å². The van der Waals surface area contributed by atoms with Gasteiger partial charge in [-0.25, -0.2) is 4.39 Å². The Kier molecular flexibility index (Phi) is 7.24. The molecule has 170 valence electrons. The Morgan fingerprint density at radius 1 is 1.12 bits per heavy atom. The smallest absolute Gasteiger partial charge is 0.286 e. The minimum absolute atomic E-state index is 0.103. The van der Waals surface area contributed by atoms with E-state index in [0.717, 1.165) is 11.1 Å². The lowest BCUT2D eigenvalue weighted by Crippen LogP contribution is -2.32. The number of rotatable bonds is 9. The summed E-state index contributed by atoms with van der Waals surface area (Å²) in [6, 6.07) is 11.6. The molecule has 32 heavy (non-hydrogen) atoms. The molecule has 0 bridgehead atoms. The van der Waals surface area contributed by atoms with E-state index in [1.807, 2.05) is 18.2 Å². The number of allylic oxidation sites excluding steroid dienone is 1. The number of aliphatic hydroxyl groups excluding tert-OH is 1. The van der Waals surface area contributed by atoms with E-state index < -0.39 is 6.29 Å². The fraction of sp³-hybridized carbons (Fsp3) is 0.375. The largest absolute Gasteiger partial charge is 0.459 e. The highest BCUT2D eigenvalue weighted by atomic mass is 19.1. The van der Waals surface area contributed by atoms with E-state index in [-0.39, 0.29) is 43.3 Å². The van der Waals surface area contributed by atoms with Crippen LogP contribution in [0.5, 0.6) is 11.5 Å². The maximum Gasteiger partial charge on any atom is 0.286 e. The number of carbonyl (C=O) groups excluding carboxylic acids is 1. The minimum atomic E-state index is -0.597. The number of fused-ring (bicyclic) bond motifs is 1. The summed E-state index contributed by atoms with van der Waals surface area (Å²) in [4.78, 5) is 12.8. The Morgan fingerprint density at radius 3 is 2.75 bits per heavy atom. The number of carbonyl (C=O) groups is 1. The number of benzene rings is 2. The second kappa shape index (κ2) is 10.5. The summed E-state index contributed by atoms with van der Waals surface area (Å²) in [5.74, 6) is 0.722. The minimum Gasteiger partial charge on any atom is -0.459 e. The van der Waals surface area contributed by atoms with Gasteiger partial charge in [0.05, 0.1) is 6.61 Å². The first-order chi connectivity index (χ1) is 15.6. The summed E-state index contributed by atoms with van der Waals surface area (Å²) in [6.07, 6.45) is 3.05. The van der Waals surface area contributed by atoms with Gasteiger partial charge in [0.1, 0.15) is 5.82 Å². The van der Waals surface area contributed by atoms with Crippen molar-refractivity contribution in [3.8, 4) is 11.5 Å². The molecule has 2 aliphatic rings. The fourth-order valence-corrected chi connectivity index (χ4v) is 3.59. The van der Waals surface area contributed by atoms with Gasteiger partial charge < -0.3 is 29.4 Å². The molecule has 2 N–H and O–H groups in total. The van der Waals surface area contributed by atoms with E-state index >= 15 is 0 Å². The van der Waals surface area contributed by atoms with Crippen molar-refractivity contribution in [3.63, 3.8) is 0 Å². The first-order valence-electron chi connectivity index (χ1n) is 10.7. The lowest BCUT2D eigenvalue weighted by atomic mass is 9.92. The highest BCUT2D eigenvalue weighted by Gasteiger charge is 2.29. The van der Waals surface area contributed by atoms with Crippen molar-refractivity contribution < 1.29 is 33.2 Å². The first-order valence-corrected chi connectivity index (χ1v) is 10.7. The molecule has 1 amide bonds. The monoisotopic (exact) mass is 443 g/mol. The molecule has 0 radical (unpaired) electrons. The maximum atomic E-state index is 13.1. The number of nitrogens with one attached hydrogen (secondary N) is 1. The Hall–Kier alpha value is -3.10. The Morgan fingerprint density at radius 2 is 1.94 bits per heavy atom. The predicted octanol–water partition coefficient (Wildman–Crippen LogP) is 3.37. The molecule has 0 fully saturated rings. The van der Waals surface area contributed by atoms with Crippen LogP contribution in [0.15, 0.2) is 54.3 Å². The van der Waals surface area contributed by atoms with Crippen molar-refractivity contribution in [2.24, 2.45) is 0 Å². The van der Waals surface area contributed by atoms with Crippen molar-refractivity contribution in [2.75, 3.05) is 20.0 Å². The number of amides is 1. The van der Waals surface area contributed by atoms with Gasteiger partial charge in [-0.1, -0.05) is 18.2 Å². The summed E-state index contributed by atoms with van der Waals surface area (Å²) < 4.78 is 35.6. The van der Waals surface area contributed by atoms with Gasteiger partial charge >= 0.3 is 0 Å². The van der Waals surface area contributed by atoms with Gasteiger partial charge in [0.2, 0.25) is 13.1 Å². The Bertz CT molecular complexity index is 961. The Labute approximate surface area is 185 Å². The zero-order valence-corrected chi connectivity index (χ0v) is 17.6. The zero-order valence-electron chi connectivity index (χ0n) is 17.6. The molecule has 2 atom stereocenters. The van der Waals surface area contributed by atoms with Gasteiger partial charge in [-0.3, -0.25) is 4.79 Å². The molecule has 0 spiro atoms. The molecule has 0 aromatic heterocycles. The van der Waals surface area contributed by atoms with E-state index in [2.05, 4.69) is 5.32 Å². The average Bonchev–Trinajstić information content (AvgIpc) is 3.29. The van der Waals surface area contributed by atoms with E-state index in [9.17, 15) is 9.18 Å². The third-order valence-electron chi connectivity index (χ3n) is 5.33. The molecule has 7 nitrogen and oxygen atoms in total. The molecule has 0 saturated carbocycles. The van der Waals surface area contributed by atoms with Gasteiger partial charge in [-0.05, 0) is 54.3 Å². The number of halogens is 1. The molecule has 2 aliphatic heterocycles. The van der Waals surface area contributed by atoms with Crippen molar-refractivity contribution >= 4 is 5.91 Å². The van der Waals surface area contributed by atoms with Crippen LogP contribution in [0.4, 0.5) is 4.39 Å². The fourth-order valence-electron chi connectivity index (χ4n) is 3.59. The standard InChI is InChI=1S/C24H26FNO6/c25-19-6-3-16(4-7-19)14-26-24(28)22-12-18(13-23(32-22)29-10-2-1-9-27)17-5-8-20-21(11-17)31-15-30-20/h3-8,11-12,18,23,27H,1-2,9-10,13-15H2,(H,26,28)/t18-,23+/m1/s1. The van der Waals surface area contributed by atoms with Crippen LogP contribution in [0.2, 0.25) is 0 Å². The number of aliphatic hydroxyl groups is 1. The van der Waals surface area contributed by atoms with E-state index in [0.29, 0.717) is 37.4 Å². The third-order valence-corrected chi connectivity index (χ3v) is 5.33. The van der Waals surface area contributed by atoms with Crippen LogP contribution in [-0.2, 0) is 20.8 Å². The third kappa shape index (κ3) is 5.57. The molecule has 0 saturated heterocycles. The van der Waals surface area contributed by atoms with Crippen LogP contribution in [0.25, 0.3) is 0 Å². The summed E-state index contributed by atoms with van der Waals surface area (Å²) in [5.41, 5.74) is 1.74. The second-order valence-electron chi connectivity index (χ2n) is 7.64. The molecule has 2 aromatic carbocycles. The highest BCUT2D eigenvalue weighted by molar-refractivity contribution is 5.91. The van der Waals surface area contributed by atoms with Gasteiger partial charge in [0.25, 0.3) is 5.91 Å². The SMILES string of the molecule is O=C(NCc1ccc(F)cc1)C1=C[C@@H](c2ccc3c(c2)OCO3)C[C@@H](OCCCCO)O1. The summed E-state index contributed by atoms with van der Waals surface area (Å²) >= 11 is 0. The van der Waals surface area contributed by atoms with E-state index in [1.165, 1.54) is 12.1 Å². The molecule has 0 aliphatic carbocycles. The molecule has 0 unspecified atom stereocenters. The lowest BCUT2D eigenvalue weighted by Gasteiger charge is -2.29. The first kappa shape index (κ1) is 22.1. The number of ether oxygens (including phenoxy) is 4. The zero-order chi connectivity index (χ0) is 22.3. The number of hydrogen-bond acceptors (Lipinski definition) is 6. The van der Waals surface area contributed by atoms with Gasteiger partial charge in [-0.15, -0.1) is 0 Å². The number of hydrogen-bond donors (Lipinski definition) is 2. The molecular formula is C24H26FNO6. The van der Waals surface area contributed by atoms with Gasteiger partial charge in [0.15, 0.2) is 17.3 Å². The molecular weight excluding hydrogens is 417 g/mol. The highest BCUT2D eigenvalue weighted by Crippen LogP contribution is 2.38. The topological polar surface area (TPSA) is 86.3 Å². The van der Waals surface area contributed by atoms with E-state index in [1.54, 1.807) is 18.2 Å². The van der Waals surface area contributed by atoms with Crippen molar-refractivity contribution in [1.82, 2.24) is 5.32 Å².